The van der Waals surface area contributed by atoms with Gasteiger partial charge in [-0.05, 0) is 36.2 Å². The van der Waals surface area contributed by atoms with Gasteiger partial charge in [0, 0.05) is 37.2 Å². The molecule has 2 amide bonds. The molecule has 0 aliphatic heterocycles. The number of nitrogens with zero attached hydrogens (tertiary/aromatic N) is 3. The van der Waals surface area contributed by atoms with Gasteiger partial charge in [-0.1, -0.05) is 79.7 Å². The van der Waals surface area contributed by atoms with Crippen LogP contribution in [-0.4, -0.2) is 49.2 Å². The summed E-state index contributed by atoms with van der Waals surface area (Å²) in [5.74, 6) is -1.90. The summed E-state index contributed by atoms with van der Waals surface area (Å²) in [5, 5.41) is 14.4. The van der Waals surface area contributed by atoms with E-state index in [4.69, 9.17) is 0 Å². The third-order valence-corrected chi connectivity index (χ3v) is 8.85. The molecule has 4 aromatic rings. The summed E-state index contributed by atoms with van der Waals surface area (Å²) in [7, 11) is -4.44. The van der Waals surface area contributed by atoms with Crippen molar-refractivity contribution in [1.82, 2.24) is 10.2 Å². The molecule has 1 N–H and O–H groups in total. The number of halogens is 1. The average Bonchev–Trinajstić information content (AvgIpc) is 3.05. The highest BCUT2D eigenvalue weighted by Crippen LogP contribution is 2.28. The van der Waals surface area contributed by atoms with Crippen molar-refractivity contribution < 1.29 is 27.3 Å². The number of anilines is 1. The molecule has 0 heterocycles. The molecule has 4 rings (SSSR count). The summed E-state index contributed by atoms with van der Waals surface area (Å²) in [6.45, 7) is 1.05. The van der Waals surface area contributed by atoms with Crippen molar-refractivity contribution in [2.45, 2.75) is 37.2 Å². The van der Waals surface area contributed by atoms with Gasteiger partial charge in [0.1, 0.15) is 18.4 Å². The number of non-ortho nitro benzene ring substituents is 1. The van der Waals surface area contributed by atoms with Crippen molar-refractivity contribution in [1.29, 1.82) is 0 Å². The summed E-state index contributed by atoms with van der Waals surface area (Å²) in [4.78, 5) is 39.9. The van der Waals surface area contributed by atoms with Crippen molar-refractivity contribution in [3.8, 4) is 0 Å². The van der Waals surface area contributed by atoms with Crippen LogP contribution < -0.4 is 9.62 Å². The minimum Gasteiger partial charge on any atom is -0.354 e. The van der Waals surface area contributed by atoms with Crippen molar-refractivity contribution >= 4 is 33.2 Å². The second-order valence-corrected chi connectivity index (χ2v) is 12.1. The Labute approximate surface area is 261 Å². The van der Waals surface area contributed by atoms with E-state index in [1.54, 1.807) is 36.4 Å². The number of hydrogen-bond donors (Lipinski definition) is 1. The Morgan fingerprint density at radius 3 is 2.20 bits per heavy atom. The van der Waals surface area contributed by atoms with Crippen LogP contribution in [0.25, 0.3) is 0 Å². The monoisotopic (exact) mass is 632 g/mol. The first-order chi connectivity index (χ1) is 21.6. The van der Waals surface area contributed by atoms with E-state index in [1.807, 2.05) is 13.0 Å². The molecule has 0 spiro atoms. The predicted octanol–water partition coefficient (Wildman–Crippen LogP) is 5.10. The van der Waals surface area contributed by atoms with Gasteiger partial charge in [0.25, 0.3) is 15.7 Å². The summed E-state index contributed by atoms with van der Waals surface area (Å²) in [5.41, 5.74) is 0.354. The molecule has 0 aliphatic carbocycles. The largest absolute Gasteiger partial charge is 0.354 e. The molecule has 4 aromatic carbocycles. The number of sulfonamides is 1. The quantitative estimate of drug-likeness (QED) is 0.152. The van der Waals surface area contributed by atoms with Crippen LogP contribution in [0.1, 0.15) is 24.5 Å². The third-order valence-electron chi connectivity index (χ3n) is 7.06. The molecule has 234 valence electrons. The van der Waals surface area contributed by atoms with Gasteiger partial charge in [0.05, 0.1) is 15.5 Å². The summed E-state index contributed by atoms with van der Waals surface area (Å²) in [6, 6.07) is 25.9. The lowest BCUT2D eigenvalue weighted by Crippen LogP contribution is -2.53. The van der Waals surface area contributed by atoms with E-state index in [0.29, 0.717) is 13.0 Å². The van der Waals surface area contributed by atoms with Crippen LogP contribution in [0, 0.1) is 15.9 Å². The highest BCUT2D eigenvalue weighted by Gasteiger charge is 2.35. The first-order valence-electron chi connectivity index (χ1n) is 14.3. The van der Waals surface area contributed by atoms with E-state index < -0.39 is 45.2 Å². The van der Waals surface area contributed by atoms with Gasteiger partial charge in [-0.15, -0.1) is 0 Å². The van der Waals surface area contributed by atoms with Crippen LogP contribution in [0.5, 0.6) is 0 Å². The Bertz CT molecular complexity index is 1740. The number of carbonyl (C=O) groups excluding carboxylic acids is 2. The predicted molar refractivity (Wildman–Crippen MR) is 168 cm³/mol. The maximum Gasteiger partial charge on any atom is 0.271 e. The molecule has 45 heavy (non-hydrogen) atoms. The van der Waals surface area contributed by atoms with E-state index in [-0.39, 0.29) is 34.8 Å². The summed E-state index contributed by atoms with van der Waals surface area (Å²) < 4.78 is 43.7. The number of nitro benzene ring substituents is 1. The number of hydrogen-bond acceptors (Lipinski definition) is 6. The summed E-state index contributed by atoms with van der Waals surface area (Å²) >= 11 is 0. The van der Waals surface area contributed by atoms with Crippen LogP contribution in [0.3, 0.4) is 0 Å². The lowest BCUT2D eigenvalue weighted by atomic mass is 10.0. The highest BCUT2D eigenvalue weighted by atomic mass is 32.2. The van der Waals surface area contributed by atoms with Gasteiger partial charge < -0.3 is 10.2 Å². The fourth-order valence-electron chi connectivity index (χ4n) is 4.74. The maximum atomic E-state index is 15.0. The number of benzene rings is 4. The number of rotatable bonds is 14. The molecule has 0 fully saturated rings. The Morgan fingerprint density at radius 2 is 1.56 bits per heavy atom. The number of carbonyl (C=O) groups is 2. The SMILES string of the molecule is CCCNC(=O)[C@@H](Cc1ccccc1)N(Cc1ccccc1F)C(=O)CN(c1cccc([N+](=O)[O-])c1)S(=O)(=O)c1ccccc1. The molecule has 0 aromatic heterocycles. The Kier molecular flexibility index (Phi) is 11.0. The molecule has 0 saturated heterocycles. The van der Waals surface area contributed by atoms with Gasteiger partial charge in [-0.25, -0.2) is 12.8 Å². The van der Waals surface area contributed by atoms with Crippen molar-refractivity contribution in [2.75, 3.05) is 17.4 Å². The van der Waals surface area contributed by atoms with E-state index in [2.05, 4.69) is 5.32 Å². The molecule has 0 unspecified atom stereocenters. The van der Waals surface area contributed by atoms with Gasteiger partial charge >= 0.3 is 0 Å². The van der Waals surface area contributed by atoms with Crippen LogP contribution in [-0.2, 0) is 32.6 Å². The molecule has 0 radical (unpaired) electrons. The van der Waals surface area contributed by atoms with Gasteiger partial charge in [-0.2, -0.15) is 0 Å². The van der Waals surface area contributed by atoms with Crippen LogP contribution >= 0.6 is 0 Å². The fourth-order valence-corrected chi connectivity index (χ4v) is 6.17. The normalized spacial score (nSPS) is 11.8. The molecule has 1 atom stereocenters. The zero-order chi connectivity index (χ0) is 32.4. The Hall–Kier alpha value is -5.10. The third kappa shape index (κ3) is 8.30. The zero-order valence-electron chi connectivity index (χ0n) is 24.6. The Morgan fingerprint density at radius 1 is 0.911 bits per heavy atom. The molecular formula is C33H33FN4O6S. The molecule has 0 saturated carbocycles. The topological polar surface area (TPSA) is 130 Å². The van der Waals surface area contributed by atoms with E-state index in [1.165, 1.54) is 65.6 Å². The number of nitrogens with one attached hydrogen (secondary N) is 1. The van der Waals surface area contributed by atoms with Crippen molar-refractivity contribution in [2.24, 2.45) is 0 Å². The number of amides is 2. The lowest BCUT2D eigenvalue weighted by molar-refractivity contribution is -0.384. The van der Waals surface area contributed by atoms with E-state index in [0.717, 1.165) is 15.9 Å². The van der Waals surface area contributed by atoms with E-state index >= 15 is 0 Å². The summed E-state index contributed by atoms with van der Waals surface area (Å²) in [6.07, 6.45) is 0.694. The zero-order valence-corrected chi connectivity index (χ0v) is 25.4. The van der Waals surface area contributed by atoms with Crippen LogP contribution in [0.4, 0.5) is 15.8 Å². The second-order valence-electron chi connectivity index (χ2n) is 10.2. The van der Waals surface area contributed by atoms with Gasteiger partial charge in [0.2, 0.25) is 11.8 Å². The van der Waals surface area contributed by atoms with Crippen LogP contribution in [0.2, 0.25) is 0 Å². The molecule has 10 nitrogen and oxygen atoms in total. The first kappa shape index (κ1) is 32.8. The van der Waals surface area contributed by atoms with Crippen molar-refractivity contribution in [3.05, 3.63) is 136 Å². The molecule has 0 bridgehead atoms. The molecule has 0 aliphatic rings. The minimum absolute atomic E-state index is 0.0683. The molecule has 12 heteroatoms. The van der Waals surface area contributed by atoms with E-state index in [9.17, 15) is 32.5 Å². The first-order valence-corrected chi connectivity index (χ1v) is 15.7. The highest BCUT2D eigenvalue weighted by molar-refractivity contribution is 7.92. The Balaban J connectivity index is 1.83. The maximum absolute atomic E-state index is 15.0. The van der Waals surface area contributed by atoms with Gasteiger partial charge in [-0.3, -0.25) is 24.0 Å². The lowest BCUT2D eigenvalue weighted by Gasteiger charge is -2.34. The van der Waals surface area contributed by atoms with Gasteiger partial charge in [0.15, 0.2) is 0 Å². The smallest absolute Gasteiger partial charge is 0.271 e. The van der Waals surface area contributed by atoms with Crippen molar-refractivity contribution in [3.63, 3.8) is 0 Å². The second kappa shape index (κ2) is 15.1. The standard InChI is InChI=1S/C33H33FN4O6S/c1-2-20-35-33(40)31(21-25-12-5-3-6-13-25)36(23-26-14-9-10-19-30(26)34)32(39)24-37(27-15-11-16-28(22-27)38(41)42)45(43,44)29-17-7-4-8-18-29/h3-19,22,31H,2,20-21,23-24H2,1H3,(H,35,40)/t31-/m1/s1. The van der Waals surface area contributed by atoms with Crippen LogP contribution in [0.15, 0.2) is 114 Å². The minimum atomic E-state index is -4.44. The fraction of sp³-hybridized carbons (Fsp3) is 0.212. The molecular weight excluding hydrogens is 599 g/mol. The number of nitro groups is 1. The average molecular weight is 633 g/mol.